The second-order valence-electron chi connectivity index (χ2n) is 6.46. The van der Waals surface area contributed by atoms with E-state index in [1.807, 2.05) is 17.0 Å². The molecule has 0 unspecified atom stereocenters. The van der Waals surface area contributed by atoms with E-state index in [1.165, 1.54) is 0 Å². The molecule has 1 aliphatic heterocycles. The minimum absolute atomic E-state index is 0.0299. The van der Waals surface area contributed by atoms with Crippen LogP contribution in [0.15, 0.2) is 48.5 Å². The molecular formula is C21H25N3O3. The van der Waals surface area contributed by atoms with Crippen LogP contribution in [-0.4, -0.2) is 61.4 Å². The smallest absolute Gasteiger partial charge is 0.255 e. The standard InChI is InChI=1S/C21H25N3O3/c1-3-23-11-13-24(14-12-23)21(26)17-8-6-7-16(15-17)20(25)22-18-9-4-5-10-19(18)27-2/h4-10,15H,3,11-14H2,1-2H3,(H,22,25). The fraction of sp³-hybridized carbons (Fsp3) is 0.333. The number of likely N-dealkylation sites (N-methyl/N-ethyl adjacent to an activating group) is 1. The highest BCUT2D eigenvalue weighted by molar-refractivity contribution is 6.06. The Balaban J connectivity index is 1.71. The average molecular weight is 367 g/mol. The Morgan fingerprint density at radius 3 is 2.41 bits per heavy atom. The van der Waals surface area contributed by atoms with Crippen LogP contribution in [0.5, 0.6) is 5.75 Å². The van der Waals surface area contributed by atoms with E-state index in [-0.39, 0.29) is 11.8 Å². The lowest BCUT2D eigenvalue weighted by Crippen LogP contribution is -2.48. The van der Waals surface area contributed by atoms with Crippen molar-refractivity contribution in [2.75, 3.05) is 45.2 Å². The van der Waals surface area contributed by atoms with Gasteiger partial charge in [-0.1, -0.05) is 25.1 Å². The predicted molar refractivity (Wildman–Crippen MR) is 105 cm³/mol. The van der Waals surface area contributed by atoms with Gasteiger partial charge in [0.25, 0.3) is 11.8 Å². The van der Waals surface area contributed by atoms with Crippen LogP contribution < -0.4 is 10.1 Å². The summed E-state index contributed by atoms with van der Waals surface area (Å²) in [5.74, 6) is 0.287. The lowest BCUT2D eigenvalue weighted by molar-refractivity contribution is 0.0643. The largest absolute Gasteiger partial charge is 0.495 e. The SMILES string of the molecule is CCN1CCN(C(=O)c2cccc(C(=O)Nc3ccccc3OC)c2)CC1. The van der Waals surface area contributed by atoms with E-state index >= 15 is 0 Å². The van der Waals surface area contributed by atoms with Crippen molar-refractivity contribution in [2.45, 2.75) is 6.92 Å². The molecular weight excluding hydrogens is 342 g/mol. The highest BCUT2D eigenvalue weighted by atomic mass is 16.5. The van der Waals surface area contributed by atoms with Crippen molar-refractivity contribution in [1.29, 1.82) is 0 Å². The third-order valence-corrected chi connectivity index (χ3v) is 4.83. The maximum absolute atomic E-state index is 12.8. The Labute approximate surface area is 159 Å². The summed E-state index contributed by atoms with van der Waals surface area (Å²) >= 11 is 0. The van der Waals surface area contributed by atoms with E-state index in [0.29, 0.717) is 35.7 Å². The first-order valence-electron chi connectivity index (χ1n) is 9.18. The maximum Gasteiger partial charge on any atom is 0.255 e. The number of amides is 2. The number of benzene rings is 2. The molecule has 1 aliphatic rings. The summed E-state index contributed by atoms with van der Waals surface area (Å²) in [7, 11) is 1.56. The third kappa shape index (κ3) is 4.46. The molecule has 6 nitrogen and oxygen atoms in total. The summed E-state index contributed by atoms with van der Waals surface area (Å²) in [5.41, 5.74) is 1.57. The van der Waals surface area contributed by atoms with Crippen molar-refractivity contribution in [2.24, 2.45) is 0 Å². The van der Waals surface area contributed by atoms with Crippen molar-refractivity contribution < 1.29 is 14.3 Å². The maximum atomic E-state index is 12.8. The van der Waals surface area contributed by atoms with Crippen LogP contribution in [0.1, 0.15) is 27.6 Å². The van der Waals surface area contributed by atoms with E-state index in [2.05, 4.69) is 17.1 Å². The second-order valence-corrected chi connectivity index (χ2v) is 6.46. The molecule has 3 rings (SSSR count). The minimum Gasteiger partial charge on any atom is -0.495 e. The Bertz CT molecular complexity index is 814. The summed E-state index contributed by atoms with van der Waals surface area (Å²) in [6, 6.07) is 14.1. The molecule has 142 valence electrons. The topological polar surface area (TPSA) is 61.9 Å². The minimum atomic E-state index is -0.273. The molecule has 0 bridgehead atoms. The van der Waals surface area contributed by atoms with Crippen LogP contribution in [0.4, 0.5) is 5.69 Å². The van der Waals surface area contributed by atoms with E-state index in [4.69, 9.17) is 4.74 Å². The molecule has 1 heterocycles. The van der Waals surface area contributed by atoms with Gasteiger partial charge in [0.05, 0.1) is 12.8 Å². The monoisotopic (exact) mass is 367 g/mol. The Hall–Kier alpha value is -2.86. The Morgan fingerprint density at radius 1 is 1.00 bits per heavy atom. The number of hydrogen-bond donors (Lipinski definition) is 1. The zero-order valence-electron chi connectivity index (χ0n) is 15.8. The number of carbonyl (C=O) groups is 2. The number of nitrogens with zero attached hydrogens (tertiary/aromatic N) is 2. The van der Waals surface area contributed by atoms with Crippen LogP contribution in [0.2, 0.25) is 0 Å². The molecule has 0 spiro atoms. The number of methoxy groups -OCH3 is 1. The van der Waals surface area contributed by atoms with Crippen LogP contribution in [0, 0.1) is 0 Å². The molecule has 0 atom stereocenters. The van der Waals surface area contributed by atoms with Crippen molar-refractivity contribution >= 4 is 17.5 Å². The van der Waals surface area contributed by atoms with Crippen LogP contribution in [0.25, 0.3) is 0 Å². The van der Waals surface area contributed by atoms with E-state index in [0.717, 1.165) is 19.6 Å². The average Bonchev–Trinajstić information content (AvgIpc) is 2.73. The van der Waals surface area contributed by atoms with E-state index in [9.17, 15) is 9.59 Å². The number of para-hydroxylation sites is 2. The summed E-state index contributed by atoms with van der Waals surface area (Å²) in [5, 5.41) is 2.84. The summed E-state index contributed by atoms with van der Waals surface area (Å²) in [6.07, 6.45) is 0. The first kappa shape index (κ1) is 18.9. The number of anilines is 1. The number of piperazine rings is 1. The number of ether oxygens (including phenoxy) is 1. The van der Waals surface area contributed by atoms with Gasteiger partial charge in [-0.15, -0.1) is 0 Å². The quantitative estimate of drug-likeness (QED) is 0.883. The summed E-state index contributed by atoms with van der Waals surface area (Å²) in [4.78, 5) is 29.6. The van der Waals surface area contributed by atoms with Crippen LogP contribution in [-0.2, 0) is 0 Å². The molecule has 2 aromatic carbocycles. The number of hydrogen-bond acceptors (Lipinski definition) is 4. The molecule has 0 radical (unpaired) electrons. The molecule has 0 aliphatic carbocycles. The van der Waals surface area contributed by atoms with Crippen molar-refractivity contribution in [3.05, 3.63) is 59.7 Å². The van der Waals surface area contributed by atoms with Gasteiger partial charge in [0.1, 0.15) is 5.75 Å². The van der Waals surface area contributed by atoms with Gasteiger partial charge in [0.2, 0.25) is 0 Å². The summed E-state index contributed by atoms with van der Waals surface area (Å²) in [6.45, 7) is 6.32. The normalized spacial score (nSPS) is 14.7. The number of carbonyl (C=O) groups excluding carboxylic acids is 2. The van der Waals surface area contributed by atoms with Gasteiger partial charge < -0.3 is 19.9 Å². The highest BCUT2D eigenvalue weighted by Crippen LogP contribution is 2.24. The van der Waals surface area contributed by atoms with Gasteiger partial charge in [0.15, 0.2) is 0 Å². The van der Waals surface area contributed by atoms with Crippen molar-refractivity contribution in [3.63, 3.8) is 0 Å². The predicted octanol–water partition coefficient (Wildman–Crippen LogP) is 2.73. The fourth-order valence-electron chi connectivity index (χ4n) is 3.19. The van der Waals surface area contributed by atoms with Crippen LogP contribution >= 0.6 is 0 Å². The zero-order valence-corrected chi connectivity index (χ0v) is 15.8. The first-order chi connectivity index (χ1) is 13.1. The summed E-state index contributed by atoms with van der Waals surface area (Å²) < 4.78 is 5.26. The molecule has 1 saturated heterocycles. The third-order valence-electron chi connectivity index (χ3n) is 4.83. The van der Waals surface area contributed by atoms with Gasteiger partial charge in [-0.3, -0.25) is 9.59 Å². The molecule has 2 amide bonds. The van der Waals surface area contributed by atoms with E-state index < -0.39 is 0 Å². The molecule has 1 fully saturated rings. The van der Waals surface area contributed by atoms with Gasteiger partial charge in [0, 0.05) is 37.3 Å². The lowest BCUT2D eigenvalue weighted by atomic mass is 10.1. The fourth-order valence-corrected chi connectivity index (χ4v) is 3.19. The van der Waals surface area contributed by atoms with Crippen molar-refractivity contribution in [1.82, 2.24) is 9.80 Å². The second kappa shape index (κ2) is 8.68. The molecule has 1 N–H and O–H groups in total. The van der Waals surface area contributed by atoms with Gasteiger partial charge in [-0.2, -0.15) is 0 Å². The Morgan fingerprint density at radius 2 is 1.70 bits per heavy atom. The molecule has 2 aromatic rings. The molecule has 27 heavy (non-hydrogen) atoms. The van der Waals surface area contributed by atoms with Gasteiger partial charge >= 0.3 is 0 Å². The molecule has 0 saturated carbocycles. The highest BCUT2D eigenvalue weighted by Gasteiger charge is 2.22. The number of rotatable bonds is 5. The first-order valence-corrected chi connectivity index (χ1v) is 9.18. The van der Waals surface area contributed by atoms with Gasteiger partial charge in [-0.05, 0) is 36.9 Å². The number of nitrogens with one attached hydrogen (secondary N) is 1. The lowest BCUT2D eigenvalue weighted by Gasteiger charge is -2.34. The molecule has 6 heteroatoms. The Kier molecular flexibility index (Phi) is 6.08. The van der Waals surface area contributed by atoms with E-state index in [1.54, 1.807) is 43.5 Å². The zero-order chi connectivity index (χ0) is 19.2. The van der Waals surface area contributed by atoms with Crippen LogP contribution in [0.3, 0.4) is 0 Å². The van der Waals surface area contributed by atoms with Gasteiger partial charge in [-0.25, -0.2) is 0 Å². The van der Waals surface area contributed by atoms with Crippen molar-refractivity contribution in [3.8, 4) is 5.75 Å². The molecule has 0 aromatic heterocycles.